The molecule has 5 heteroatoms. The largest absolute Gasteiger partial charge is 0.455 e. The first-order chi connectivity index (χ1) is 9.65. The predicted molar refractivity (Wildman–Crippen MR) is 73.3 cm³/mol. The van der Waals surface area contributed by atoms with E-state index in [2.05, 4.69) is 5.16 Å². The van der Waals surface area contributed by atoms with Crippen molar-refractivity contribution >= 4 is 16.9 Å². The Morgan fingerprint density at radius 2 is 2.20 bits per heavy atom. The second-order valence-electron chi connectivity index (χ2n) is 4.68. The summed E-state index contributed by atoms with van der Waals surface area (Å²) in [4.78, 5) is 12.2. The number of nitrogens with zero attached hydrogens (tertiary/aromatic N) is 2. The van der Waals surface area contributed by atoms with Crippen LogP contribution in [0.15, 0.2) is 41.1 Å². The van der Waals surface area contributed by atoms with Crippen LogP contribution in [0.4, 0.5) is 0 Å². The van der Waals surface area contributed by atoms with Gasteiger partial charge in [-0.1, -0.05) is 23.4 Å². The quantitative estimate of drug-likeness (QED) is 0.687. The molecule has 0 fully saturated rings. The van der Waals surface area contributed by atoms with E-state index in [1.54, 1.807) is 19.2 Å². The summed E-state index contributed by atoms with van der Waals surface area (Å²) in [5, 5.41) is 4.68. The average molecular weight is 270 g/mol. The van der Waals surface area contributed by atoms with Crippen LogP contribution >= 0.6 is 0 Å². The van der Waals surface area contributed by atoms with Crippen molar-refractivity contribution in [1.29, 1.82) is 0 Å². The second-order valence-corrected chi connectivity index (χ2v) is 4.68. The van der Waals surface area contributed by atoms with Gasteiger partial charge >= 0.3 is 5.97 Å². The summed E-state index contributed by atoms with van der Waals surface area (Å²) in [5.74, 6) is 0.337. The molecule has 0 radical (unpaired) electrons. The number of aryl methyl sites for hydroxylation is 2. The fourth-order valence-corrected chi connectivity index (χ4v) is 2.21. The fraction of sp³-hybridized carbons (Fsp3) is 0.200. The highest BCUT2D eigenvalue weighted by molar-refractivity contribution is 6.04. The van der Waals surface area contributed by atoms with Crippen molar-refractivity contribution in [2.75, 3.05) is 0 Å². The first-order valence-corrected chi connectivity index (χ1v) is 6.28. The SMILES string of the molecule is Cc1cc(COC(=O)c2cn(C)c3ccccc23)no1. The zero-order chi connectivity index (χ0) is 14.1. The van der Waals surface area contributed by atoms with Crippen LogP contribution < -0.4 is 0 Å². The van der Waals surface area contributed by atoms with E-state index >= 15 is 0 Å². The van der Waals surface area contributed by atoms with Crippen molar-refractivity contribution in [1.82, 2.24) is 9.72 Å². The normalized spacial score (nSPS) is 10.9. The molecule has 102 valence electrons. The predicted octanol–water partition coefficient (Wildman–Crippen LogP) is 2.83. The molecule has 0 bridgehead atoms. The van der Waals surface area contributed by atoms with Gasteiger partial charge < -0.3 is 13.8 Å². The molecule has 2 aromatic heterocycles. The third-order valence-electron chi connectivity index (χ3n) is 3.14. The molecule has 1 aromatic carbocycles. The molecule has 0 aliphatic rings. The van der Waals surface area contributed by atoms with Crippen LogP contribution in [0, 0.1) is 6.92 Å². The summed E-state index contributed by atoms with van der Waals surface area (Å²) in [6.07, 6.45) is 1.78. The number of carbonyl (C=O) groups excluding carboxylic acids is 1. The number of rotatable bonds is 3. The number of para-hydroxylation sites is 1. The molecule has 0 saturated carbocycles. The zero-order valence-corrected chi connectivity index (χ0v) is 11.3. The van der Waals surface area contributed by atoms with Crippen LogP contribution in [-0.4, -0.2) is 15.7 Å². The molecule has 0 N–H and O–H groups in total. The number of ether oxygens (including phenoxy) is 1. The molecule has 2 heterocycles. The molecule has 0 spiro atoms. The number of hydrogen-bond acceptors (Lipinski definition) is 4. The minimum atomic E-state index is -0.359. The number of fused-ring (bicyclic) bond motifs is 1. The van der Waals surface area contributed by atoms with Gasteiger partial charge in [0.15, 0.2) is 0 Å². The molecular weight excluding hydrogens is 256 g/mol. The van der Waals surface area contributed by atoms with E-state index in [4.69, 9.17) is 9.26 Å². The lowest BCUT2D eigenvalue weighted by atomic mass is 10.2. The third-order valence-corrected chi connectivity index (χ3v) is 3.14. The summed E-state index contributed by atoms with van der Waals surface area (Å²) in [6, 6.07) is 9.46. The second kappa shape index (κ2) is 4.85. The smallest absolute Gasteiger partial charge is 0.340 e. The van der Waals surface area contributed by atoms with Gasteiger partial charge in [-0.15, -0.1) is 0 Å². The Bertz CT molecular complexity index is 770. The molecule has 0 aliphatic heterocycles. The van der Waals surface area contributed by atoms with Gasteiger partial charge in [0.2, 0.25) is 0 Å². The first-order valence-electron chi connectivity index (χ1n) is 6.28. The third kappa shape index (κ3) is 2.18. The van der Waals surface area contributed by atoms with Crippen LogP contribution in [0.1, 0.15) is 21.8 Å². The van der Waals surface area contributed by atoms with Crippen molar-refractivity contribution in [2.45, 2.75) is 13.5 Å². The Morgan fingerprint density at radius 3 is 2.95 bits per heavy atom. The Kier molecular flexibility index (Phi) is 3.02. The van der Waals surface area contributed by atoms with Gasteiger partial charge in [-0.2, -0.15) is 0 Å². The zero-order valence-electron chi connectivity index (χ0n) is 11.3. The minimum absolute atomic E-state index is 0.111. The van der Waals surface area contributed by atoms with E-state index in [0.717, 1.165) is 10.9 Å². The number of aromatic nitrogens is 2. The molecule has 0 amide bonds. The number of hydrogen-bond donors (Lipinski definition) is 0. The molecule has 20 heavy (non-hydrogen) atoms. The summed E-state index contributed by atoms with van der Waals surface area (Å²) in [5.41, 5.74) is 2.16. The van der Waals surface area contributed by atoms with Gasteiger partial charge in [-0.3, -0.25) is 0 Å². The maximum Gasteiger partial charge on any atom is 0.340 e. The van der Waals surface area contributed by atoms with E-state index < -0.39 is 0 Å². The van der Waals surface area contributed by atoms with Gasteiger partial charge in [0, 0.05) is 30.2 Å². The minimum Gasteiger partial charge on any atom is -0.455 e. The van der Waals surface area contributed by atoms with Gasteiger partial charge in [0.25, 0.3) is 0 Å². The molecular formula is C15H14N2O3. The van der Waals surface area contributed by atoms with Crippen LogP contribution in [0.2, 0.25) is 0 Å². The van der Waals surface area contributed by atoms with E-state index in [1.807, 2.05) is 35.9 Å². The van der Waals surface area contributed by atoms with Gasteiger partial charge in [-0.25, -0.2) is 4.79 Å². The first kappa shape index (κ1) is 12.5. The molecule has 3 aromatic rings. The molecule has 0 aliphatic carbocycles. The highest BCUT2D eigenvalue weighted by atomic mass is 16.5. The monoisotopic (exact) mass is 270 g/mol. The van der Waals surface area contributed by atoms with Crippen molar-refractivity contribution in [3.63, 3.8) is 0 Å². The number of carbonyl (C=O) groups is 1. The maximum atomic E-state index is 12.2. The van der Waals surface area contributed by atoms with Crippen molar-refractivity contribution < 1.29 is 14.1 Å². The Labute approximate surface area is 115 Å². The lowest BCUT2D eigenvalue weighted by Gasteiger charge is -2.00. The van der Waals surface area contributed by atoms with Crippen molar-refractivity contribution in [3.05, 3.63) is 53.5 Å². The highest BCUT2D eigenvalue weighted by Crippen LogP contribution is 2.21. The Morgan fingerprint density at radius 1 is 1.40 bits per heavy atom. The lowest BCUT2D eigenvalue weighted by Crippen LogP contribution is -2.04. The van der Waals surface area contributed by atoms with Gasteiger partial charge in [-0.05, 0) is 13.0 Å². The lowest BCUT2D eigenvalue weighted by molar-refractivity contribution is 0.0466. The molecule has 0 atom stereocenters. The average Bonchev–Trinajstić information content (AvgIpc) is 3.01. The van der Waals surface area contributed by atoms with Gasteiger partial charge in [0.1, 0.15) is 18.1 Å². The van der Waals surface area contributed by atoms with Crippen LogP contribution in [-0.2, 0) is 18.4 Å². The Balaban J connectivity index is 1.82. The number of esters is 1. The topological polar surface area (TPSA) is 57.3 Å². The van der Waals surface area contributed by atoms with E-state index in [0.29, 0.717) is 17.0 Å². The molecule has 0 unspecified atom stereocenters. The summed E-state index contributed by atoms with van der Waals surface area (Å²) in [6.45, 7) is 1.91. The van der Waals surface area contributed by atoms with Crippen LogP contribution in [0.25, 0.3) is 10.9 Å². The van der Waals surface area contributed by atoms with Crippen molar-refractivity contribution in [3.8, 4) is 0 Å². The summed E-state index contributed by atoms with van der Waals surface area (Å²) < 4.78 is 12.1. The van der Waals surface area contributed by atoms with Crippen LogP contribution in [0.3, 0.4) is 0 Å². The van der Waals surface area contributed by atoms with Crippen molar-refractivity contribution in [2.24, 2.45) is 7.05 Å². The van der Waals surface area contributed by atoms with E-state index in [-0.39, 0.29) is 12.6 Å². The summed E-state index contributed by atoms with van der Waals surface area (Å²) >= 11 is 0. The standard InChI is InChI=1S/C15H14N2O3/c1-10-7-11(16-20-10)9-19-15(18)13-8-17(2)14-6-4-3-5-12(13)14/h3-8H,9H2,1-2H3. The Hall–Kier alpha value is -2.56. The number of benzene rings is 1. The maximum absolute atomic E-state index is 12.2. The molecule has 3 rings (SSSR count). The fourth-order valence-electron chi connectivity index (χ4n) is 2.21. The highest BCUT2D eigenvalue weighted by Gasteiger charge is 2.15. The van der Waals surface area contributed by atoms with E-state index in [9.17, 15) is 4.79 Å². The van der Waals surface area contributed by atoms with Gasteiger partial charge in [0.05, 0.1) is 5.56 Å². The molecule has 5 nitrogen and oxygen atoms in total. The summed E-state index contributed by atoms with van der Waals surface area (Å²) in [7, 11) is 1.90. The van der Waals surface area contributed by atoms with Crippen LogP contribution in [0.5, 0.6) is 0 Å². The van der Waals surface area contributed by atoms with E-state index in [1.165, 1.54) is 0 Å². The molecule has 0 saturated heterocycles.